The molecule has 1 N–H and O–H groups in total. The standard InChI is InChI=1S/C16H13N3O4/c1-8-3-4-12-10(5-8)15-11(7-21-12)14(19-23-15)16(20)17-13-6-9(2)22-18-13/h3-6H,7H2,1-2H3,(H,17,18,20). The first-order valence-corrected chi connectivity index (χ1v) is 7.09. The Kier molecular flexibility index (Phi) is 2.94. The van der Waals surface area contributed by atoms with E-state index in [1.807, 2.05) is 25.1 Å². The van der Waals surface area contributed by atoms with E-state index in [2.05, 4.69) is 15.6 Å². The Hall–Kier alpha value is -3.09. The molecular weight excluding hydrogens is 298 g/mol. The largest absolute Gasteiger partial charge is 0.488 e. The van der Waals surface area contributed by atoms with Crippen molar-refractivity contribution in [3.63, 3.8) is 0 Å². The molecule has 0 aliphatic carbocycles. The summed E-state index contributed by atoms with van der Waals surface area (Å²) in [6, 6.07) is 7.41. The number of nitrogens with one attached hydrogen (secondary N) is 1. The number of carbonyl (C=O) groups is 1. The molecule has 0 bridgehead atoms. The second kappa shape index (κ2) is 4.98. The summed E-state index contributed by atoms with van der Waals surface area (Å²) in [5.41, 5.74) is 2.68. The van der Waals surface area contributed by atoms with Crippen molar-refractivity contribution < 1.29 is 18.6 Å². The van der Waals surface area contributed by atoms with E-state index in [1.165, 1.54) is 0 Å². The Morgan fingerprint density at radius 2 is 2.04 bits per heavy atom. The van der Waals surface area contributed by atoms with Crippen LogP contribution in [0.25, 0.3) is 11.3 Å². The van der Waals surface area contributed by atoms with Gasteiger partial charge < -0.3 is 19.1 Å². The lowest BCUT2D eigenvalue weighted by Gasteiger charge is -2.16. The number of aromatic nitrogens is 2. The molecule has 3 heterocycles. The number of ether oxygens (including phenoxy) is 1. The van der Waals surface area contributed by atoms with Gasteiger partial charge in [-0.25, -0.2) is 0 Å². The first-order chi connectivity index (χ1) is 11.1. The highest BCUT2D eigenvalue weighted by Gasteiger charge is 2.29. The van der Waals surface area contributed by atoms with Gasteiger partial charge in [-0.2, -0.15) is 0 Å². The molecule has 116 valence electrons. The smallest absolute Gasteiger partial charge is 0.279 e. The lowest BCUT2D eigenvalue weighted by Crippen LogP contribution is -2.16. The van der Waals surface area contributed by atoms with Crippen molar-refractivity contribution in [1.29, 1.82) is 0 Å². The van der Waals surface area contributed by atoms with Gasteiger partial charge in [0.25, 0.3) is 5.91 Å². The molecule has 0 saturated carbocycles. The van der Waals surface area contributed by atoms with Gasteiger partial charge >= 0.3 is 0 Å². The van der Waals surface area contributed by atoms with Crippen LogP contribution in [-0.2, 0) is 6.61 Å². The van der Waals surface area contributed by atoms with Gasteiger partial charge in [0.2, 0.25) is 0 Å². The third-order valence-corrected chi connectivity index (χ3v) is 3.62. The number of nitrogens with zero attached hydrogens (tertiary/aromatic N) is 2. The van der Waals surface area contributed by atoms with Crippen molar-refractivity contribution in [2.75, 3.05) is 5.32 Å². The van der Waals surface area contributed by atoms with Gasteiger partial charge in [0.05, 0.1) is 11.1 Å². The molecule has 4 rings (SSSR count). The fraction of sp³-hybridized carbons (Fsp3) is 0.188. The third-order valence-electron chi connectivity index (χ3n) is 3.62. The number of benzene rings is 1. The van der Waals surface area contributed by atoms with Gasteiger partial charge in [-0.05, 0) is 26.0 Å². The van der Waals surface area contributed by atoms with Gasteiger partial charge in [-0.3, -0.25) is 4.79 Å². The molecule has 0 unspecified atom stereocenters. The van der Waals surface area contributed by atoms with E-state index in [0.29, 0.717) is 22.9 Å². The molecule has 2 aromatic heterocycles. The summed E-state index contributed by atoms with van der Waals surface area (Å²) in [7, 11) is 0. The zero-order chi connectivity index (χ0) is 16.0. The number of carbonyl (C=O) groups excluding carboxylic acids is 1. The summed E-state index contributed by atoms with van der Waals surface area (Å²) < 4.78 is 16.0. The summed E-state index contributed by atoms with van der Waals surface area (Å²) in [6.45, 7) is 3.95. The van der Waals surface area contributed by atoms with Gasteiger partial charge in [0.1, 0.15) is 18.1 Å². The molecule has 1 aliphatic heterocycles. The molecule has 0 atom stereocenters. The fourth-order valence-corrected chi connectivity index (χ4v) is 2.53. The maximum Gasteiger partial charge on any atom is 0.279 e. The van der Waals surface area contributed by atoms with Crippen LogP contribution in [0.5, 0.6) is 5.75 Å². The van der Waals surface area contributed by atoms with Crippen LogP contribution in [0.3, 0.4) is 0 Å². The number of amides is 1. The lowest BCUT2D eigenvalue weighted by atomic mass is 10.0. The van der Waals surface area contributed by atoms with Crippen LogP contribution in [0.1, 0.15) is 27.4 Å². The van der Waals surface area contributed by atoms with Crippen molar-refractivity contribution in [1.82, 2.24) is 10.3 Å². The predicted molar refractivity (Wildman–Crippen MR) is 80.2 cm³/mol. The second-order valence-electron chi connectivity index (χ2n) is 5.40. The Bertz CT molecular complexity index is 910. The van der Waals surface area contributed by atoms with E-state index in [-0.39, 0.29) is 12.3 Å². The molecule has 0 saturated heterocycles. The first kappa shape index (κ1) is 13.6. The Morgan fingerprint density at radius 3 is 2.83 bits per heavy atom. The van der Waals surface area contributed by atoms with Crippen LogP contribution in [-0.4, -0.2) is 16.2 Å². The van der Waals surface area contributed by atoms with E-state index in [4.69, 9.17) is 13.8 Å². The zero-order valence-electron chi connectivity index (χ0n) is 12.5. The van der Waals surface area contributed by atoms with Crippen LogP contribution < -0.4 is 10.1 Å². The minimum Gasteiger partial charge on any atom is -0.488 e. The minimum absolute atomic E-state index is 0.188. The first-order valence-electron chi connectivity index (χ1n) is 7.09. The number of hydrogen-bond donors (Lipinski definition) is 1. The Balaban J connectivity index is 1.69. The van der Waals surface area contributed by atoms with E-state index < -0.39 is 5.91 Å². The summed E-state index contributed by atoms with van der Waals surface area (Å²) in [6.07, 6.45) is 0. The Morgan fingerprint density at radius 1 is 1.17 bits per heavy atom. The molecule has 1 amide bonds. The van der Waals surface area contributed by atoms with Crippen LogP contribution in [0.2, 0.25) is 0 Å². The number of anilines is 1. The summed E-state index contributed by atoms with van der Waals surface area (Å²) in [5.74, 6) is 1.81. The van der Waals surface area contributed by atoms with E-state index in [0.717, 1.165) is 16.9 Å². The Labute approximate surface area is 131 Å². The highest BCUT2D eigenvalue weighted by molar-refractivity contribution is 6.04. The van der Waals surface area contributed by atoms with E-state index in [1.54, 1.807) is 13.0 Å². The summed E-state index contributed by atoms with van der Waals surface area (Å²) in [5, 5.41) is 10.3. The molecule has 0 fully saturated rings. The highest BCUT2D eigenvalue weighted by atomic mass is 16.5. The number of aryl methyl sites for hydroxylation is 2. The summed E-state index contributed by atoms with van der Waals surface area (Å²) >= 11 is 0. The minimum atomic E-state index is -0.414. The van der Waals surface area contributed by atoms with E-state index in [9.17, 15) is 4.79 Å². The van der Waals surface area contributed by atoms with Crippen LogP contribution in [0.4, 0.5) is 5.82 Å². The molecule has 3 aromatic rings. The van der Waals surface area contributed by atoms with Crippen molar-refractivity contribution in [3.8, 4) is 17.1 Å². The van der Waals surface area contributed by atoms with Crippen molar-refractivity contribution in [2.45, 2.75) is 20.5 Å². The van der Waals surface area contributed by atoms with Crippen LogP contribution >= 0.6 is 0 Å². The van der Waals surface area contributed by atoms with Crippen LogP contribution in [0.15, 0.2) is 33.3 Å². The van der Waals surface area contributed by atoms with Crippen LogP contribution in [0, 0.1) is 13.8 Å². The zero-order valence-corrected chi connectivity index (χ0v) is 12.5. The molecule has 1 aromatic carbocycles. The average molecular weight is 311 g/mol. The normalized spacial score (nSPS) is 12.3. The maximum atomic E-state index is 12.4. The predicted octanol–water partition coefficient (Wildman–Crippen LogP) is 3.09. The highest BCUT2D eigenvalue weighted by Crippen LogP contribution is 2.39. The second-order valence-corrected chi connectivity index (χ2v) is 5.40. The van der Waals surface area contributed by atoms with Gasteiger partial charge in [0.15, 0.2) is 17.3 Å². The maximum absolute atomic E-state index is 12.4. The molecule has 0 spiro atoms. The molecule has 0 radical (unpaired) electrons. The topological polar surface area (TPSA) is 90.4 Å². The SMILES string of the molecule is Cc1ccc2c(c1)-c1onc(C(=O)Nc3cc(C)on3)c1CO2. The molecule has 1 aliphatic rings. The van der Waals surface area contributed by atoms with Gasteiger partial charge in [-0.15, -0.1) is 0 Å². The summed E-state index contributed by atoms with van der Waals surface area (Å²) in [4.78, 5) is 12.4. The lowest BCUT2D eigenvalue weighted by molar-refractivity contribution is 0.101. The molecule has 7 heteroatoms. The van der Waals surface area contributed by atoms with Gasteiger partial charge in [-0.1, -0.05) is 21.9 Å². The van der Waals surface area contributed by atoms with E-state index >= 15 is 0 Å². The molecule has 7 nitrogen and oxygen atoms in total. The molecular formula is C16H13N3O4. The quantitative estimate of drug-likeness (QED) is 0.782. The number of hydrogen-bond acceptors (Lipinski definition) is 6. The third kappa shape index (κ3) is 2.26. The van der Waals surface area contributed by atoms with Crippen molar-refractivity contribution in [2.24, 2.45) is 0 Å². The molecule has 23 heavy (non-hydrogen) atoms. The van der Waals surface area contributed by atoms with Crippen molar-refractivity contribution >= 4 is 11.7 Å². The monoisotopic (exact) mass is 311 g/mol. The van der Waals surface area contributed by atoms with Gasteiger partial charge in [0, 0.05) is 6.07 Å². The average Bonchev–Trinajstić information content (AvgIpc) is 3.13. The number of fused-ring (bicyclic) bond motifs is 3. The fourth-order valence-electron chi connectivity index (χ4n) is 2.53. The van der Waals surface area contributed by atoms with Crippen molar-refractivity contribution in [3.05, 3.63) is 46.8 Å². The number of rotatable bonds is 2.